The van der Waals surface area contributed by atoms with Gasteiger partial charge in [0.25, 0.3) is 0 Å². The van der Waals surface area contributed by atoms with Crippen molar-refractivity contribution >= 4 is 70.7 Å². The van der Waals surface area contributed by atoms with Crippen molar-refractivity contribution in [2.24, 2.45) is 5.73 Å². The highest BCUT2D eigenvalue weighted by Crippen LogP contribution is 2.63. The third kappa shape index (κ3) is 4.35. The van der Waals surface area contributed by atoms with Crippen molar-refractivity contribution in [3.63, 3.8) is 0 Å². The molecule has 0 radical (unpaired) electrons. The van der Waals surface area contributed by atoms with Crippen LogP contribution in [0.2, 0.25) is 0 Å². The smallest absolute Gasteiger partial charge is 0.176 e. The van der Waals surface area contributed by atoms with E-state index in [1.807, 2.05) is 0 Å². The molecule has 106 valence electrons. The van der Waals surface area contributed by atoms with Gasteiger partial charge in [0.2, 0.25) is 0 Å². The summed E-state index contributed by atoms with van der Waals surface area (Å²) in [6.45, 7) is 0.567. The molecule has 0 unspecified atom stereocenters. The highest BCUT2D eigenvalue weighted by molar-refractivity contribution is 9.46. The summed E-state index contributed by atoms with van der Waals surface area (Å²) >= 11 is 0. The van der Waals surface area contributed by atoms with Gasteiger partial charge in [-0.05, 0) is 95.3 Å². The zero-order valence-corrected chi connectivity index (χ0v) is 15.5. The summed E-state index contributed by atoms with van der Waals surface area (Å²) in [5.74, 6) is 0.742. The number of rotatable bonds is 3. The molecule has 0 saturated carbocycles. The Kier molecular flexibility index (Phi) is 7.53. The van der Waals surface area contributed by atoms with E-state index in [0.29, 0.717) is 12.3 Å². The minimum absolute atomic E-state index is 0.188. The molecule has 1 aromatic rings. The summed E-state index contributed by atoms with van der Waals surface area (Å²) in [5, 5.41) is 10.1. The third-order valence-electron chi connectivity index (χ3n) is 2.21. The molecule has 2 rings (SSSR count). The topological polar surface area (TPSA) is 55.5 Å². The van der Waals surface area contributed by atoms with Crippen molar-refractivity contribution in [3.05, 3.63) is 11.6 Å². The van der Waals surface area contributed by atoms with E-state index in [0.717, 1.165) is 21.8 Å². The van der Waals surface area contributed by atoms with Gasteiger partial charge in [0, 0.05) is 4.90 Å². The Morgan fingerprint density at radius 2 is 1.74 bits per heavy atom. The van der Waals surface area contributed by atoms with Crippen LogP contribution < -0.4 is 10.5 Å². The lowest BCUT2D eigenvalue weighted by Gasteiger charge is -2.16. The van der Waals surface area contributed by atoms with Crippen LogP contribution in [0, 0.1) is 0 Å². The molecule has 3 nitrogen and oxygen atoms in total. The van der Waals surface area contributed by atoms with Crippen LogP contribution in [0.25, 0.3) is 0 Å². The first kappa shape index (κ1) is 16.6. The Bertz CT molecular complexity index is 445. The second-order valence-electron chi connectivity index (χ2n) is 3.29. The summed E-state index contributed by atoms with van der Waals surface area (Å²) in [4.78, 5) is 2.14. The van der Waals surface area contributed by atoms with E-state index in [1.54, 1.807) is 83.9 Å². The number of benzene rings is 1. The number of nitrogens with two attached hydrogens (primary N) is 1. The van der Waals surface area contributed by atoms with Crippen LogP contribution >= 0.6 is 70.7 Å². The van der Waals surface area contributed by atoms with Gasteiger partial charge in [0.05, 0.1) is 12.0 Å². The fraction of sp³-hybridized carbons (Fsp3) is 0.333. The van der Waals surface area contributed by atoms with Crippen molar-refractivity contribution in [1.82, 2.24) is 0 Å². The van der Waals surface area contributed by atoms with Crippen LogP contribution in [0.5, 0.6) is 11.5 Å². The van der Waals surface area contributed by atoms with E-state index >= 15 is 0 Å². The Morgan fingerprint density at radius 1 is 1.11 bits per heavy atom. The molecule has 0 saturated heterocycles. The average molecular weight is 390 g/mol. The van der Waals surface area contributed by atoms with Crippen molar-refractivity contribution in [1.29, 1.82) is 0 Å². The maximum absolute atomic E-state index is 10.1. The summed E-state index contributed by atoms with van der Waals surface area (Å²) in [7, 11) is 13.5. The molecule has 1 aromatic carbocycles. The maximum atomic E-state index is 10.1. The highest BCUT2D eigenvalue weighted by Gasteiger charge is 2.21. The van der Waals surface area contributed by atoms with Crippen LogP contribution in [0.3, 0.4) is 0 Å². The van der Waals surface area contributed by atoms with E-state index < -0.39 is 0 Å². The fourth-order valence-electron chi connectivity index (χ4n) is 1.50. The molecule has 0 amide bonds. The summed E-state index contributed by atoms with van der Waals surface area (Å²) in [5.41, 5.74) is 6.74. The number of ether oxygens (including phenoxy) is 1. The number of aromatic hydroxyl groups is 1. The number of phenolic OH excluding ortho intramolecular Hbond substituents is 1. The van der Waals surface area contributed by atoms with Gasteiger partial charge in [-0.2, -0.15) is 0 Å². The molecule has 0 aromatic heterocycles. The van der Waals surface area contributed by atoms with Crippen molar-refractivity contribution in [2.75, 3.05) is 13.7 Å². The van der Waals surface area contributed by atoms with Gasteiger partial charge in [-0.3, -0.25) is 0 Å². The molecule has 0 fully saturated rings. The number of methoxy groups -OCH3 is 1. The van der Waals surface area contributed by atoms with Gasteiger partial charge in [0.15, 0.2) is 11.5 Å². The lowest BCUT2D eigenvalue weighted by molar-refractivity contribution is 0.362. The molecule has 1 aliphatic heterocycles. The second kappa shape index (κ2) is 8.62. The lowest BCUT2D eigenvalue weighted by atomic mass is 10.1. The van der Waals surface area contributed by atoms with E-state index in [9.17, 15) is 5.11 Å². The first-order valence-electron chi connectivity index (χ1n) is 5.08. The molecule has 0 aliphatic carbocycles. The summed E-state index contributed by atoms with van der Waals surface area (Å²) in [6, 6.07) is 1.77. The van der Waals surface area contributed by atoms with E-state index in [2.05, 4.69) is 0 Å². The van der Waals surface area contributed by atoms with Crippen LogP contribution in [0.4, 0.5) is 0 Å². The zero-order valence-electron chi connectivity index (χ0n) is 9.78. The summed E-state index contributed by atoms with van der Waals surface area (Å²) in [6.07, 6.45) is 0.754. The molecule has 0 spiro atoms. The van der Waals surface area contributed by atoms with E-state index in [4.69, 9.17) is 10.5 Å². The van der Waals surface area contributed by atoms with Gasteiger partial charge in [-0.25, -0.2) is 0 Å². The normalized spacial score (nSPS) is 16.1. The van der Waals surface area contributed by atoms with E-state index in [1.165, 1.54) is 0 Å². The zero-order chi connectivity index (χ0) is 13.7. The molecule has 0 bridgehead atoms. The minimum atomic E-state index is 0.188. The third-order valence-corrected chi connectivity index (χ3v) is 15.2. The average Bonchev–Trinajstić information content (AvgIpc) is 2.51. The minimum Gasteiger partial charge on any atom is -0.504 e. The lowest BCUT2D eigenvalue weighted by Crippen LogP contribution is -2.04. The first-order chi connectivity index (χ1) is 9.27. The van der Waals surface area contributed by atoms with Crippen molar-refractivity contribution in [2.45, 2.75) is 16.2 Å². The van der Waals surface area contributed by atoms with Crippen LogP contribution in [-0.2, 0) is 6.42 Å². The Balaban J connectivity index is 2.47. The van der Waals surface area contributed by atoms with Gasteiger partial charge in [-0.1, -0.05) is 0 Å². The first-order valence-corrected chi connectivity index (χ1v) is 13.9. The van der Waals surface area contributed by atoms with Gasteiger partial charge in [0.1, 0.15) is 0 Å². The van der Waals surface area contributed by atoms with Gasteiger partial charge < -0.3 is 15.6 Å². The SMILES string of the molecule is COc1c(O)cc(CCN)c2c1SSSSSSS2. The number of fused-ring (bicyclic) bond motifs is 1. The Labute approximate surface area is 138 Å². The van der Waals surface area contributed by atoms with Gasteiger partial charge >= 0.3 is 0 Å². The highest BCUT2D eigenvalue weighted by atomic mass is 33.9. The second-order valence-corrected chi connectivity index (χ2v) is 14.3. The monoisotopic (exact) mass is 389 g/mol. The molecule has 3 N–H and O–H groups in total. The summed E-state index contributed by atoms with van der Waals surface area (Å²) < 4.78 is 5.35. The van der Waals surface area contributed by atoms with E-state index in [-0.39, 0.29) is 5.75 Å². The number of phenols is 1. The largest absolute Gasteiger partial charge is 0.504 e. The van der Waals surface area contributed by atoms with Crippen LogP contribution in [-0.4, -0.2) is 18.8 Å². The quantitative estimate of drug-likeness (QED) is 0.670. The number of hydrogen-bond acceptors (Lipinski definition) is 10. The predicted octanol–water partition coefficient (Wildman–Crippen LogP) is 5.26. The Hall–Kier alpha value is 1.23. The maximum Gasteiger partial charge on any atom is 0.176 e. The molecular weight excluding hydrogens is 379 g/mol. The van der Waals surface area contributed by atoms with Crippen molar-refractivity contribution in [3.8, 4) is 11.5 Å². The molecular formula is C9H11NO2S7. The molecule has 0 atom stereocenters. The van der Waals surface area contributed by atoms with Gasteiger partial charge in [-0.15, -0.1) is 0 Å². The molecule has 1 heterocycles. The van der Waals surface area contributed by atoms with Crippen LogP contribution in [0.15, 0.2) is 15.9 Å². The predicted molar refractivity (Wildman–Crippen MR) is 97.1 cm³/mol. The van der Waals surface area contributed by atoms with Crippen molar-refractivity contribution < 1.29 is 9.84 Å². The molecule has 10 heteroatoms. The Morgan fingerprint density at radius 3 is 2.37 bits per heavy atom. The fourth-order valence-corrected chi connectivity index (χ4v) is 16.2. The molecule has 1 aliphatic rings. The standard InChI is InChI=1S/C9H11NO2S7/c1-12-7-6(11)4-5(2-3-10)8-9(7)14-16-18-19-17-15-13-8/h4,11H,2-3,10H2,1H3. The van der Waals surface area contributed by atoms with Crippen LogP contribution in [0.1, 0.15) is 5.56 Å². The number of hydrogen-bond donors (Lipinski definition) is 2. The molecule has 19 heavy (non-hydrogen) atoms.